The fourth-order valence-corrected chi connectivity index (χ4v) is 3.41. The number of unbranched alkanes of at least 4 members (excludes halogenated alkanes) is 12. The van der Waals surface area contributed by atoms with Gasteiger partial charge >= 0.3 is 5.97 Å². The molecule has 0 aromatic heterocycles. The van der Waals surface area contributed by atoms with Crippen molar-refractivity contribution in [3.05, 3.63) is 0 Å². The van der Waals surface area contributed by atoms with Gasteiger partial charge in [0.1, 0.15) is 6.10 Å². The summed E-state index contributed by atoms with van der Waals surface area (Å²) < 4.78 is 5.29. The molecule has 0 heterocycles. The Kier molecular flexibility index (Phi) is 18.8. The summed E-state index contributed by atoms with van der Waals surface area (Å²) in [6.07, 6.45) is 19.8. The Morgan fingerprint density at radius 1 is 0.731 bits per heavy atom. The van der Waals surface area contributed by atoms with Crippen LogP contribution in [0.1, 0.15) is 124 Å². The van der Waals surface area contributed by atoms with Crippen molar-refractivity contribution in [1.82, 2.24) is 0 Å². The molecule has 0 aromatic rings. The van der Waals surface area contributed by atoms with Gasteiger partial charge in [0.2, 0.25) is 0 Å². The highest BCUT2D eigenvalue weighted by molar-refractivity contribution is 5.73. The van der Waals surface area contributed by atoms with Crippen molar-refractivity contribution >= 4 is 5.97 Å². The first kappa shape index (κ1) is 25.4. The highest BCUT2D eigenvalue weighted by Gasteiger charge is 2.15. The number of rotatable bonds is 19. The van der Waals surface area contributed by atoms with Gasteiger partial charge in [0.25, 0.3) is 0 Å². The van der Waals surface area contributed by atoms with Crippen LogP contribution in [-0.4, -0.2) is 23.8 Å². The minimum Gasteiger partial charge on any atom is -0.463 e. The molecule has 0 spiro atoms. The maximum Gasteiger partial charge on any atom is 0.334 e. The quantitative estimate of drug-likeness (QED) is 0.201. The number of esters is 1. The Bertz CT molecular complexity index is 302. The molecule has 26 heavy (non-hydrogen) atoms. The van der Waals surface area contributed by atoms with E-state index in [9.17, 15) is 9.90 Å². The van der Waals surface area contributed by atoms with E-state index >= 15 is 0 Å². The molecule has 1 N–H and O–H groups in total. The minimum atomic E-state index is -1.01. The molecular weight excluding hydrogens is 324 g/mol. The Morgan fingerprint density at radius 3 is 1.50 bits per heavy atom. The van der Waals surface area contributed by atoms with Gasteiger partial charge in [0, 0.05) is 0 Å². The van der Waals surface area contributed by atoms with E-state index in [0.29, 0.717) is 12.5 Å². The molecule has 0 aliphatic rings. The number of aliphatic hydroxyl groups is 1. The van der Waals surface area contributed by atoms with Crippen LogP contribution in [0.5, 0.6) is 0 Å². The van der Waals surface area contributed by atoms with E-state index < -0.39 is 12.1 Å². The van der Waals surface area contributed by atoms with Crippen LogP contribution in [0.3, 0.4) is 0 Å². The Labute approximate surface area is 163 Å². The fourth-order valence-electron chi connectivity index (χ4n) is 3.41. The molecule has 0 aromatic carbocycles. The van der Waals surface area contributed by atoms with Gasteiger partial charge in [-0.25, -0.2) is 4.79 Å². The Hall–Kier alpha value is -0.570. The van der Waals surface area contributed by atoms with Crippen molar-refractivity contribution in [2.75, 3.05) is 6.61 Å². The number of aliphatic hydroxyl groups excluding tert-OH is 1. The van der Waals surface area contributed by atoms with E-state index in [1.807, 2.05) is 0 Å². The number of hydrogen-bond donors (Lipinski definition) is 1. The van der Waals surface area contributed by atoms with Gasteiger partial charge in [-0.3, -0.25) is 0 Å². The molecule has 3 heteroatoms. The van der Waals surface area contributed by atoms with Crippen molar-refractivity contribution < 1.29 is 14.6 Å². The molecule has 0 radical (unpaired) electrons. The second-order valence-electron chi connectivity index (χ2n) is 7.99. The standard InChI is InChI=1S/C23H46O3/c1-4-6-8-10-12-13-15-17-19-22(20-26-23(25)21(3)24)18-16-14-11-9-7-5-2/h21-22,24H,4-20H2,1-3H3. The predicted molar refractivity (Wildman–Crippen MR) is 111 cm³/mol. The summed E-state index contributed by atoms with van der Waals surface area (Å²) >= 11 is 0. The zero-order chi connectivity index (χ0) is 19.5. The van der Waals surface area contributed by atoms with E-state index in [1.54, 1.807) is 0 Å². The third kappa shape index (κ3) is 16.9. The third-order valence-corrected chi connectivity index (χ3v) is 5.23. The lowest BCUT2D eigenvalue weighted by Gasteiger charge is -2.17. The molecule has 0 amide bonds. The largest absolute Gasteiger partial charge is 0.463 e. The lowest BCUT2D eigenvalue weighted by molar-refractivity contribution is -0.154. The molecule has 0 rings (SSSR count). The normalized spacial score (nSPS) is 13.5. The van der Waals surface area contributed by atoms with Gasteiger partial charge in [0.05, 0.1) is 6.61 Å². The highest BCUT2D eigenvalue weighted by Crippen LogP contribution is 2.20. The first-order valence-corrected chi connectivity index (χ1v) is 11.5. The van der Waals surface area contributed by atoms with Gasteiger partial charge in [-0.05, 0) is 25.7 Å². The maximum atomic E-state index is 11.5. The van der Waals surface area contributed by atoms with Crippen LogP contribution in [-0.2, 0) is 9.53 Å². The molecule has 2 unspecified atom stereocenters. The zero-order valence-electron chi connectivity index (χ0n) is 17.9. The molecule has 3 nitrogen and oxygen atoms in total. The predicted octanol–water partition coefficient (Wildman–Crippen LogP) is 6.81. The number of ether oxygens (including phenoxy) is 1. The highest BCUT2D eigenvalue weighted by atomic mass is 16.5. The summed E-state index contributed by atoms with van der Waals surface area (Å²) in [6, 6.07) is 0. The number of hydrogen-bond acceptors (Lipinski definition) is 3. The number of carbonyl (C=O) groups is 1. The van der Waals surface area contributed by atoms with Crippen LogP contribution >= 0.6 is 0 Å². The summed E-state index contributed by atoms with van der Waals surface area (Å²) in [5.41, 5.74) is 0. The molecule has 0 bridgehead atoms. The van der Waals surface area contributed by atoms with Crippen molar-refractivity contribution in [1.29, 1.82) is 0 Å². The summed E-state index contributed by atoms with van der Waals surface area (Å²) in [7, 11) is 0. The van der Waals surface area contributed by atoms with Crippen molar-refractivity contribution in [2.45, 2.75) is 130 Å². The van der Waals surface area contributed by atoms with Gasteiger partial charge < -0.3 is 9.84 Å². The van der Waals surface area contributed by atoms with Gasteiger partial charge in [-0.15, -0.1) is 0 Å². The molecule has 0 fully saturated rings. The second-order valence-corrected chi connectivity index (χ2v) is 7.99. The molecule has 156 valence electrons. The molecule has 2 atom stereocenters. The van der Waals surface area contributed by atoms with Crippen LogP contribution < -0.4 is 0 Å². The van der Waals surface area contributed by atoms with Crippen molar-refractivity contribution in [3.8, 4) is 0 Å². The summed E-state index contributed by atoms with van der Waals surface area (Å²) in [5, 5.41) is 9.29. The third-order valence-electron chi connectivity index (χ3n) is 5.23. The van der Waals surface area contributed by atoms with E-state index in [1.165, 1.54) is 96.8 Å². The first-order chi connectivity index (χ1) is 12.6. The average molecular weight is 371 g/mol. The topological polar surface area (TPSA) is 46.5 Å². The minimum absolute atomic E-state index is 0.462. The monoisotopic (exact) mass is 370 g/mol. The summed E-state index contributed by atoms with van der Waals surface area (Å²) in [4.78, 5) is 11.5. The van der Waals surface area contributed by atoms with Gasteiger partial charge in [-0.1, -0.05) is 104 Å². The smallest absolute Gasteiger partial charge is 0.334 e. The summed E-state index contributed by atoms with van der Waals surface area (Å²) in [6.45, 7) is 6.46. The zero-order valence-corrected chi connectivity index (χ0v) is 17.9. The summed E-state index contributed by atoms with van der Waals surface area (Å²) in [5.74, 6) is -0.0159. The van der Waals surface area contributed by atoms with Crippen LogP contribution in [0.25, 0.3) is 0 Å². The maximum absolute atomic E-state index is 11.5. The second kappa shape index (κ2) is 19.2. The molecule has 0 aliphatic heterocycles. The van der Waals surface area contributed by atoms with Crippen LogP contribution in [0, 0.1) is 5.92 Å². The molecule has 0 aliphatic carbocycles. The van der Waals surface area contributed by atoms with Gasteiger partial charge in [-0.2, -0.15) is 0 Å². The van der Waals surface area contributed by atoms with Crippen LogP contribution in [0.15, 0.2) is 0 Å². The molecule has 0 saturated heterocycles. The van der Waals surface area contributed by atoms with E-state index in [-0.39, 0.29) is 0 Å². The lowest BCUT2D eigenvalue weighted by atomic mass is 9.94. The number of carbonyl (C=O) groups excluding carboxylic acids is 1. The van der Waals surface area contributed by atoms with Crippen molar-refractivity contribution in [3.63, 3.8) is 0 Å². The van der Waals surface area contributed by atoms with Crippen molar-refractivity contribution in [2.24, 2.45) is 5.92 Å². The Balaban J connectivity index is 3.90. The Morgan fingerprint density at radius 2 is 1.12 bits per heavy atom. The van der Waals surface area contributed by atoms with Crippen LogP contribution in [0.4, 0.5) is 0 Å². The van der Waals surface area contributed by atoms with E-state index in [0.717, 1.165) is 12.8 Å². The van der Waals surface area contributed by atoms with Gasteiger partial charge in [0.15, 0.2) is 0 Å². The average Bonchev–Trinajstić information content (AvgIpc) is 2.63. The first-order valence-electron chi connectivity index (χ1n) is 11.5. The van der Waals surface area contributed by atoms with E-state index in [4.69, 9.17) is 4.74 Å². The van der Waals surface area contributed by atoms with Crippen LogP contribution in [0.2, 0.25) is 0 Å². The molecular formula is C23H46O3. The fraction of sp³-hybridized carbons (Fsp3) is 0.957. The van der Waals surface area contributed by atoms with E-state index in [2.05, 4.69) is 13.8 Å². The molecule has 0 saturated carbocycles. The SMILES string of the molecule is CCCCCCCCCCC(CCCCCCCC)COC(=O)C(C)O. The lowest BCUT2D eigenvalue weighted by Crippen LogP contribution is -2.22.